The molecule has 11 nitrogen and oxygen atoms in total. The summed E-state index contributed by atoms with van der Waals surface area (Å²) < 4.78 is 10.5. The monoisotopic (exact) mass is 590 g/mol. The fourth-order valence-corrected chi connectivity index (χ4v) is 4.76. The minimum atomic E-state index is -1.12. The number of carboxylic acid groups (broad SMARTS) is 1. The summed E-state index contributed by atoms with van der Waals surface area (Å²) >= 11 is 0. The number of carbonyl (C=O) groups is 2. The van der Waals surface area contributed by atoms with Gasteiger partial charge >= 0.3 is 5.97 Å². The molecule has 0 spiro atoms. The van der Waals surface area contributed by atoms with Gasteiger partial charge in [0.25, 0.3) is 5.91 Å². The zero-order chi connectivity index (χ0) is 30.8. The van der Waals surface area contributed by atoms with Crippen LogP contribution in [0.2, 0.25) is 0 Å². The van der Waals surface area contributed by atoms with Crippen LogP contribution in [0.4, 0.5) is 0 Å². The number of amides is 1. The second kappa shape index (κ2) is 15.2. The van der Waals surface area contributed by atoms with Crippen LogP contribution in [-0.2, 0) is 13.2 Å². The average Bonchev–Trinajstić information content (AvgIpc) is 3.86. The van der Waals surface area contributed by atoms with E-state index < -0.39 is 5.97 Å². The van der Waals surface area contributed by atoms with Crippen LogP contribution >= 0.6 is 0 Å². The first-order chi connectivity index (χ1) is 20.8. The second-order valence-corrected chi connectivity index (χ2v) is 10.6. The lowest BCUT2D eigenvalue weighted by molar-refractivity contribution is 0.0689. The van der Waals surface area contributed by atoms with Crippen LogP contribution in [0.15, 0.2) is 69.9 Å². The average molecular weight is 591 g/mol. The van der Waals surface area contributed by atoms with E-state index in [4.69, 9.17) is 24.2 Å². The Labute approximate surface area is 250 Å². The van der Waals surface area contributed by atoms with Crippen molar-refractivity contribution in [1.82, 2.24) is 20.2 Å². The van der Waals surface area contributed by atoms with Gasteiger partial charge in [-0.1, -0.05) is 24.3 Å². The number of hydrogen-bond donors (Lipinski definition) is 4. The third-order valence-corrected chi connectivity index (χ3v) is 7.33. The quantitative estimate of drug-likeness (QED) is 0.247. The number of aromatic carboxylic acids is 1. The number of likely N-dealkylation sites (tertiary alicyclic amines) is 1. The Hall–Kier alpha value is -4.32. The van der Waals surface area contributed by atoms with Gasteiger partial charge in [-0.05, 0) is 81.5 Å². The Balaban J connectivity index is 0.000000169. The lowest BCUT2D eigenvalue weighted by atomic mass is 10.1. The van der Waals surface area contributed by atoms with Crippen LogP contribution in [0.1, 0.15) is 71.6 Å². The fraction of sp³-hybridized carbons (Fsp3) is 0.375. The van der Waals surface area contributed by atoms with E-state index in [0.717, 1.165) is 48.4 Å². The lowest BCUT2D eigenvalue weighted by Crippen LogP contribution is -2.33. The lowest BCUT2D eigenvalue weighted by Gasteiger charge is -2.19. The molecule has 0 radical (unpaired) electrons. The molecule has 2 aromatic carbocycles. The molecule has 2 aliphatic rings. The van der Waals surface area contributed by atoms with Gasteiger partial charge in [-0.3, -0.25) is 4.79 Å². The summed E-state index contributed by atoms with van der Waals surface area (Å²) in [5, 5.41) is 29.9. The van der Waals surface area contributed by atoms with Gasteiger partial charge in [0, 0.05) is 29.8 Å². The summed E-state index contributed by atoms with van der Waals surface area (Å²) in [4.78, 5) is 32.9. The zero-order valence-electron chi connectivity index (χ0n) is 24.4. The van der Waals surface area contributed by atoms with Crippen molar-refractivity contribution in [1.29, 1.82) is 0 Å². The molecule has 6 rings (SSSR count). The number of carbonyl (C=O) groups excluding carboxylic acids is 1. The van der Waals surface area contributed by atoms with Gasteiger partial charge in [-0.25, -0.2) is 14.8 Å². The number of nitrogens with zero attached hydrogens (tertiary/aromatic N) is 3. The Kier molecular flexibility index (Phi) is 11.2. The Morgan fingerprint density at radius 1 is 0.837 bits per heavy atom. The predicted molar refractivity (Wildman–Crippen MR) is 159 cm³/mol. The summed E-state index contributed by atoms with van der Waals surface area (Å²) in [6, 6.07) is 15.2. The topological polar surface area (TPSA) is 162 Å². The molecule has 4 N–H and O–H groups in total. The number of benzene rings is 2. The number of aromatic nitrogens is 2. The van der Waals surface area contributed by atoms with Crippen molar-refractivity contribution in [3.05, 3.63) is 83.6 Å². The summed E-state index contributed by atoms with van der Waals surface area (Å²) in [5.74, 6) is -0.513. The maximum atomic E-state index is 12.4. The van der Waals surface area contributed by atoms with Gasteiger partial charge in [-0.15, -0.1) is 0 Å². The van der Waals surface area contributed by atoms with Gasteiger partial charge in [0.05, 0.1) is 13.2 Å². The third-order valence-electron chi connectivity index (χ3n) is 7.33. The smallest absolute Gasteiger partial charge is 0.357 e. The molecule has 4 aromatic rings. The highest BCUT2D eigenvalue weighted by atomic mass is 16.4. The number of nitrogens with one attached hydrogen (secondary N) is 1. The van der Waals surface area contributed by atoms with Crippen LogP contribution in [0, 0.1) is 0 Å². The van der Waals surface area contributed by atoms with Crippen LogP contribution in [-0.4, -0.2) is 67.2 Å². The first kappa shape index (κ1) is 31.6. The largest absolute Gasteiger partial charge is 0.476 e. The van der Waals surface area contributed by atoms with Gasteiger partial charge in [0.1, 0.15) is 12.5 Å². The van der Waals surface area contributed by atoms with Crippen LogP contribution in [0.25, 0.3) is 22.9 Å². The number of aliphatic hydroxyl groups excluding tert-OH is 2. The number of aliphatic hydroxyl groups is 2. The second-order valence-electron chi connectivity index (χ2n) is 10.6. The molecule has 2 atom stereocenters. The molecule has 4 heterocycles. The van der Waals surface area contributed by atoms with Gasteiger partial charge < -0.3 is 34.4 Å². The highest BCUT2D eigenvalue weighted by Crippen LogP contribution is 2.23. The van der Waals surface area contributed by atoms with Crippen LogP contribution in [0.3, 0.4) is 0 Å². The van der Waals surface area contributed by atoms with Crippen molar-refractivity contribution in [3.63, 3.8) is 0 Å². The maximum Gasteiger partial charge on any atom is 0.357 e. The molecule has 2 saturated heterocycles. The van der Waals surface area contributed by atoms with Crippen molar-refractivity contribution in [2.45, 2.75) is 64.8 Å². The van der Waals surface area contributed by atoms with E-state index in [2.05, 4.69) is 29.1 Å². The van der Waals surface area contributed by atoms with Crippen molar-refractivity contribution in [3.8, 4) is 22.9 Å². The van der Waals surface area contributed by atoms with Crippen molar-refractivity contribution in [2.24, 2.45) is 0 Å². The van der Waals surface area contributed by atoms with Gasteiger partial charge in [0.2, 0.25) is 11.8 Å². The highest BCUT2D eigenvalue weighted by Gasteiger charge is 2.28. The van der Waals surface area contributed by atoms with Gasteiger partial charge in [-0.2, -0.15) is 0 Å². The predicted octanol–water partition coefficient (Wildman–Crippen LogP) is 4.75. The Morgan fingerprint density at radius 2 is 1.37 bits per heavy atom. The summed E-state index contributed by atoms with van der Waals surface area (Å²) in [6.07, 6.45) is 7.35. The Morgan fingerprint density at radius 3 is 1.74 bits per heavy atom. The number of carboxylic acids is 1. The van der Waals surface area contributed by atoms with Crippen LogP contribution in [0.5, 0.6) is 0 Å². The molecular formula is C32H38N4O7. The van der Waals surface area contributed by atoms with Gasteiger partial charge in [0.15, 0.2) is 11.4 Å². The molecule has 2 aliphatic heterocycles. The molecule has 43 heavy (non-hydrogen) atoms. The van der Waals surface area contributed by atoms with Crippen molar-refractivity contribution < 1.29 is 33.7 Å². The maximum absolute atomic E-state index is 12.4. The highest BCUT2D eigenvalue weighted by molar-refractivity contribution is 5.92. The molecule has 2 aromatic heterocycles. The number of hydrogen-bond acceptors (Lipinski definition) is 9. The van der Waals surface area contributed by atoms with E-state index in [0.29, 0.717) is 17.1 Å². The molecule has 0 unspecified atom stereocenters. The van der Waals surface area contributed by atoms with E-state index in [1.807, 2.05) is 29.2 Å². The van der Waals surface area contributed by atoms with E-state index in [9.17, 15) is 9.59 Å². The normalized spacial score (nSPS) is 17.5. The van der Waals surface area contributed by atoms with Crippen molar-refractivity contribution >= 4 is 11.9 Å². The SMILES string of the molecule is C[C@@H]1CCCN1.C[C@@H]1CCCN1C(=O)c1coc(-c2ccc(CO)cc2)n1.O=C(O)c1coc(-c2ccc(CO)cc2)n1. The molecule has 1 amide bonds. The molecule has 0 saturated carbocycles. The molecule has 0 bridgehead atoms. The first-order valence-corrected chi connectivity index (χ1v) is 14.4. The minimum Gasteiger partial charge on any atom is -0.476 e. The van der Waals surface area contributed by atoms with Crippen molar-refractivity contribution in [2.75, 3.05) is 13.1 Å². The standard InChI is InChI=1S/C16H18N2O3.C11H9NO4.C5H11N/c1-11-3-2-8-18(11)16(20)14-10-21-15(17-14)13-6-4-12(9-19)5-7-13;13-5-7-1-3-8(4-2-7)10-12-9(6-16-10)11(14)15;1-5-3-2-4-6-5/h4-7,10-11,19H,2-3,8-9H2,1H3;1-4,6,13H,5H2,(H,14,15);5-6H,2-4H2,1H3/t11-;;5-/m1.1/s1. The summed E-state index contributed by atoms with van der Waals surface area (Å²) in [5.41, 5.74) is 3.29. The summed E-state index contributed by atoms with van der Waals surface area (Å²) in [6.45, 7) is 6.27. The minimum absolute atomic E-state index is 0.00243. The first-order valence-electron chi connectivity index (χ1n) is 14.4. The molecule has 0 aliphatic carbocycles. The van der Waals surface area contributed by atoms with E-state index in [1.54, 1.807) is 24.3 Å². The number of oxazole rings is 2. The van der Waals surface area contributed by atoms with E-state index in [-0.39, 0.29) is 36.7 Å². The van der Waals surface area contributed by atoms with E-state index >= 15 is 0 Å². The van der Waals surface area contributed by atoms with Crippen LogP contribution < -0.4 is 5.32 Å². The Bertz CT molecular complexity index is 1460. The molecule has 11 heteroatoms. The third kappa shape index (κ3) is 8.60. The molecular weight excluding hydrogens is 552 g/mol. The zero-order valence-corrected chi connectivity index (χ0v) is 24.4. The fourth-order valence-electron chi connectivity index (χ4n) is 4.76. The molecule has 228 valence electrons. The summed E-state index contributed by atoms with van der Waals surface area (Å²) in [7, 11) is 0. The molecule has 2 fully saturated rings. The van der Waals surface area contributed by atoms with E-state index in [1.165, 1.54) is 25.6 Å². The number of rotatable bonds is 6.